The molecule has 35 heavy (non-hydrogen) atoms. The van der Waals surface area contributed by atoms with Gasteiger partial charge in [-0.2, -0.15) is 0 Å². The molecule has 1 heterocycles. The van der Waals surface area contributed by atoms with Crippen molar-refractivity contribution in [1.82, 2.24) is 0 Å². The highest BCUT2D eigenvalue weighted by molar-refractivity contribution is 7.93. The lowest BCUT2D eigenvalue weighted by molar-refractivity contribution is -0.185. The molecule has 9 nitrogen and oxygen atoms in total. The van der Waals surface area contributed by atoms with E-state index in [-0.39, 0.29) is 30.0 Å². The summed E-state index contributed by atoms with van der Waals surface area (Å²) in [6, 6.07) is 3.10. The normalized spacial score (nSPS) is 30.7. The van der Waals surface area contributed by atoms with E-state index in [0.717, 1.165) is 24.3 Å². The van der Waals surface area contributed by atoms with Crippen LogP contribution in [0.3, 0.4) is 0 Å². The molecule has 1 saturated heterocycles. The molecule has 1 aromatic carbocycles. The van der Waals surface area contributed by atoms with Gasteiger partial charge in [0.25, 0.3) is 0 Å². The van der Waals surface area contributed by atoms with E-state index in [1.165, 1.54) is 0 Å². The van der Waals surface area contributed by atoms with Crippen LogP contribution in [-0.4, -0.2) is 64.7 Å². The second-order valence-corrected chi connectivity index (χ2v) is 11.1. The van der Waals surface area contributed by atoms with Crippen LogP contribution >= 0.6 is 11.6 Å². The zero-order chi connectivity index (χ0) is 26.2. The molecule has 2 aliphatic rings. The van der Waals surface area contributed by atoms with Crippen molar-refractivity contribution in [3.8, 4) is 0 Å². The summed E-state index contributed by atoms with van der Waals surface area (Å²) in [5.74, 6) is -3.79. The number of hydrogen-bond donors (Lipinski definition) is 4. The Bertz CT molecular complexity index is 1100. The number of hydrogen-bond acceptors (Lipinski definition) is 7. The Kier molecular flexibility index (Phi) is 8.20. The Labute approximate surface area is 208 Å². The number of carbonyl (C=O) groups is 1. The van der Waals surface area contributed by atoms with Crippen LogP contribution < -0.4 is 4.72 Å². The first-order valence-electron chi connectivity index (χ1n) is 11.5. The van der Waals surface area contributed by atoms with Gasteiger partial charge < -0.3 is 24.8 Å². The number of carboxylic acids is 1. The van der Waals surface area contributed by atoms with Crippen molar-refractivity contribution in [1.29, 1.82) is 0 Å². The molecular weight excluding hydrogens is 505 g/mol. The number of aliphatic carboxylic acids is 1. The number of aliphatic hydroxyl groups is 2. The molecule has 1 fully saturated rings. The summed E-state index contributed by atoms with van der Waals surface area (Å²) in [5, 5.41) is 29.7. The minimum atomic E-state index is -4.32. The lowest BCUT2D eigenvalue weighted by atomic mass is 9.83. The van der Waals surface area contributed by atoms with E-state index >= 15 is 0 Å². The van der Waals surface area contributed by atoms with Gasteiger partial charge in [0.2, 0.25) is 10.0 Å². The van der Waals surface area contributed by atoms with Gasteiger partial charge in [0.15, 0.2) is 5.79 Å². The molecule has 0 saturated carbocycles. The maximum atomic E-state index is 13.3. The highest BCUT2D eigenvalue weighted by Gasteiger charge is 2.61. The van der Waals surface area contributed by atoms with Gasteiger partial charge in [-0.3, -0.25) is 4.72 Å². The average Bonchev–Trinajstić information content (AvgIpc) is 3.14. The van der Waals surface area contributed by atoms with Crippen LogP contribution in [0.1, 0.15) is 52.9 Å². The zero-order valence-corrected chi connectivity index (χ0v) is 21.3. The van der Waals surface area contributed by atoms with Crippen LogP contribution in [0.2, 0.25) is 5.02 Å². The molecule has 1 aromatic rings. The number of carboxylic acid groups (broad SMARTS) is 1. The van der Waals surface area contributed by atoms with Crippen LogP contribution in [-0.2, 0) is 24.3 Å². The monoisotopic (exact) mass is 535 g/mol. The maximum Gasteiger partial charge on any atom is 0.332 e. The van der Waals surface area contributed by atoms with E-state index in [1.807, 2.05) is 0 Å². The Balaban J connectivity index is 2.01. The van der Waals surface area contributed by atoms with Crippen molar-refractivity contribution in [2.75, 3.05) is 4.72 Å². The van der Waals surface area contributed by atoms with E-state index in [9.17, 15) is 32.9 Å². The minimum Gasteiger partial charge on any atom is -0.478 e. The smallest absolute Gasteiger partial charge is 0.332 e. The van der Waals surface area contributed by atoms with Crippen molar-refractivity contribution in [3.05, 3.63) is 40.7 Å². The van der Waals surface area contributed by atoms with Gasteiger partial charge in [-0.05, 0) is 50.0 Å². The molecule has 0 aromatic heterocycles. The molecule has 2 unspecified atom stereocenters. The number of sulfonamides is 1. The molecule has 0 amide bonds. The third kappa shape index (κ3) is 5.21. The number of halogens is 2. The van der Waals surface area contributed by atoms with Crippen molar-refractivity contribution in [2.45, 2.75) is 87.8 Å². The lowest BCUT2D eigenvalue weighted by Crippen LogP contribution is -2.54. The summed E-state index contributed by atoms with van der Waals surface area (Å²) in [6.07, 6.45) is -1.21. The number of benzene rings is 1. The third-order valence-corrected chi connectivity index (χ3v) is 8.78. The summed E-state index contributed by atoms with van der Waals surface area (Å²) in [6.45, 7) is 5.26. The molecule has 1 aliphatic heterocycles. The topological polar surface area (TPSA) is 142 Å². The molecule has 4 N–H and O–H groups in total. The highest BCUT2D eigenvalue weighted by Crippen LogP contribution is 2.49. The summed E-state index contributed by atoms with van der Waals surface area (Å²) in [4.78, 5) is 12.2. The quantitative estimate of drug-likeness (QED) is 0.377. The van der Waals surface area contributed by atoms with Gasteiger partial charge in [0, 0.05) is 6.42 Å². The predicted molar refractivity (Wildman–Crippen MR) is 127 cm³/mol. The Hall–Kier alpha value is -1.76. The number of nitrogens with one attached hydrogen (secondary N) is 1. The van der Waals surface area contributed by atoms with Gasteiger partial charge in [0.05, 0.1) is 28.5 Å². The first-order valence-corrected chi connectivity index (χ1v) is 13.4. The first-order chi connectivity index (χ1) is 16.3. The van der Waals surface area contributed by atoms with E-state index in [4.69, 9.17) is 21.1 Å². The fourth-order valence-electron chi connectivity index (χ4n) is 4.83. The van der Waals surface area contributed by atoms with E-state index in [0.29, 0.717) is 12.8 Å². The maximum absolute atomic E-state index is 13.3. The molecule has 1 spiro atoms. The second kappa shape index (κ2) is 10.3. The zero-order valence-electron chi connectivity index (χ0n) is 19.7. The molecule has 0 radical (unpaired) electrons. The van der Waals surface area contributed by atoms with Gasteiger partial charge >= 0.3 is 5.97 Å². The van der Waals surface area contributed by atoms with E-state index in [2.05, 4.69) is 4.72 Å². The number of anilines is 1. The van der Waals surface area contributed by atoms with Gasteiger partial charge in [-0.15, -0.1) is 0 Å². The van der Waals surface area contributed by atoms with Gasteiger partial charge in [-0.25, -0.2) is 17.6 Å². The Morgan fingerprint density at radius 2 is 1.97 bits per heavy atom. The number of ether oxygens (including phenoxy) is 2. The van der Waals surface area contributed by atoms with Crippen molar-refractivity contribution >= 4 is 33.3 Å². The van der Waals surface area contributed by atoms with Crippen LogP contribution in [0.5, 0.6) is 0 Å². The van der Waals surface area contributed by atoms with Crippen molar-refractivity contribution in [3.63, 3.8) is 0 Å². The fourth-order valence-corrected chi connectivity index (χ4v) is 6.66. The van der Waals surface area contributed by atoms with Crippen LogP contribution in [0, 0.1) is 5.82 Å². The van der Waals surface area contributed by atoms with Gasteiger partial charge in [-0.1, -0.05) is 32.4 Å². The Morgan fingerprint density at radius 1 is 1.29 bits per heavy atom. The van der Waals surface area contributed by atoms with Crippen molar-refractivity contribution in [2.24, 2.45) is 0 Å². The number of rotatable bonds is 9. The van der Waals surface area contributed by atoms with Crippen LogP contribution in [0.4, 0.5) is 10.1 Å². The minimum absolute atomic E-state index is 0.0440. The standard InChI is InChI=1S/C23H31ClFNO8S/c1-4-17(27)20-23(6-3,19(28)5-2)34-22(33-20)10-9-18(14(12-22)21(29)30)35(31,32)26-16-8-7-13(25)11-15(16)24/h7-8,11-12,17-20,26-28H,4-6,9-10H2,1-3H3,(H,29,30)/t17-,18?,19-,20-,22?,23-/m1/s1. The fraction of sp³-hybridized carbons (Fsp3) is 0.609. The van der Waals surface area contributed by atoms with Crippen LogP contribution in [0.25, 0.3) is 0 Å². The molecule has 1 aliphatic carbocycles. The molecule has 12 heteroatoms. The lowest BCUT2D eigenvalue weighted by Gasteiger charge is -2.38. The molecular formula is C23H31ClFNO8S. The average molecular weight is 536 g/mol. The second-order valence-electron chi connectivity index (χ2n) is 8.86. The SMILES string of the molecule is CC[C@@H](O)[C@H]1OC2(C=C(C(=O)O)C(S(=O)(=O)Nc3ccc(F)cc3Cl)CC2)O[C@]1(CC)[C@H](O)CC. The highest BCUT2D eigenvalue weighted by atomic mass is 35.5. The first kappa shape index (κ1) is 27.8. The molecule has 196 valence electrons. The largest absolute Gasteiger partial charge is 0.478 e. The van der Waals surface area contributed by atoms with E-state index in [1.54, 1.807) is 20.8 Å². The summed E-state index contributed by atoms with van der Waals surface area (Å²) in [5.41, 5.74) is -1.88. The van der Waals surface area contributed by atoms with Crippen molar-refractivity contribution < 1.29 is 42.4 Å². The predicted octanol–water partition coefficient (Wildman–Crippen LogP) is 3.20. The third-order valence-electron chi connectivity index (χ3n) is 6.72. The summed E-state index contributed by atoms with van der Waals surface area (Å²) in [7, 11) is -4.32. The molecule has 6 atom stereocenters. The summed E-state index contributed by atoms with van der Waals surface area (Å²) < 4.78 is 54.2. The Morgan fingerprint density at radius 3 is 2.51 bits per heavy atom. The number of aliphatic hydroxyl groups excluding tert-OH is 2. The van der Waals surface area contributed by atoms with Gasteiger partial charge in [0.1, 0.15) is 22.8 Å². The van der Waals surface area contributed by atoms with E-state index < -0.39 is 62.3 Å². The molecule has 3 rings (SSSR count). The van der Waals surface area contributed by atoms with Crippen LogP contribution in [0.15, 0.2) is 29.8 Å². The summed E-state index contributed by atoms with van der Waals surface area (Å²) >= 11 is 5.94. The molecule has 0 bridgehead atoms.